The molecule has 1 aliphatic heterocycles. The van der Waals surface area contributed by atoms with E-state index in [2.05, 4.69) is 20.4 Å². The fraction of sp³-hybridized carbons (Fsp3) is 0.312. The number of allylic oxidation sites excluding steroid dienone is 1. The van der Waals surface area contributed by atoms with Crippen molar-refractivity contribution in [3.63, 3.8) is 0 Å². The summed E-state index contributed by atoms with van der Waals surface area (Å²) in [5.41, 5.74) is 7.69. The second-order valence-corrected chi connectivity index (χ2v) is 6.99. The zero-order chi connectivity index (χ0) is 17.8. The molecule has 0 radical (unpaired) electrons. The van der Waals surface area contributed by atoms with Crippen LogP contribution in [0.1, 0.15) is 5.56 Å². The average molecular weight is 379 g/mol. The molecule has 0 saturated carbocycles. The van der Waals surface area contributed by atoms with Crippen LogP contribution in [-0.4, -0.2) is 53.8 Å². The fourth-order valence-corrected chi connectivity index (χ4v) is 3.91. The van der Waals surface area contributed by atoms with Crippen LogP contribution in [0.25, 0.3) is 16.1 Å². The highest BCUT2D eigenvalue weighted by atomic mass is 35.5. The Labute approximate surface area is 154 Å². The molecule has 5 N–H and O–H groups in total. The number of halogens is 1. The SMILES string of the molecule is N=C/C(=C\N)c1ccc(-c2nnc(N3CCN[C@@H](CO)C3)s2)c(Cl)c1. The minimum absolute atomic E-state index is 0.0477. The number of rotatable bonds is 5. The number of aliphatic hydroxyl groups excluding tert-OH is 1. The van der Waals surface area contributed by atoms with E-state index in [-0.39, 0.29) is 12.6 Å². The van der Waals surface area contributed by atoms with Crippen LogP contribution in [-0.2, 0) is 0 Å². The molecule has 0 spiro atoms. The predicted octanol–water partition coefficient (Wildman–Crippen LogP) is 1.58. The first-order valence-corrected chi connectivity index (χ1v) is 9.01. The van der Waals surface area contributed by atoms with Crippen LogP contribution in [0.3, 0.4) is 0 Å². The van der Waals surface area contributed by atoms with E-state index in [1.54, 1.807) is 6.07 Å². The Morgan fingerprint density at radius 1 is 1.52 bits per heavy atom. The maximum atomic E-state index is 9.32. The molecule has 1 aliphatic rings. The van der Waals surface area contributed by atoms with Gasteiger partial charge in [-0.1, -0.05) is 29.0 Å². The quantitative estimate of drug-likeness (QED) is 0.588. The minimum Gasteiger partial charge on any atom is -0.404 e. The van der Waals surface area contributed by atoms with Gasteiger partial charge in [0, 0.05) is 49.2 Å². The molecule has 1 atom stereocenters. The number of anilines is 1. The molecule has 7 nitrogen and oxygen atoms in total. The first kappa shape index (κ1) is 17.8. The van der Waals surface area contributed by atoms with Crippen molar-refractivity contribution in [1.82, 2.24) is 15.5 Å². The normalized spacial score (nSPS) is 18.4. The smallest absolute Gasteiger partial charge is 0.208 e. The number of aliphatic hydroxyl groups is 1. The Kier molecular flexibility index (Phi) is 5.64. The zero-order valence-electron chi connectivity index (χ0n) is 13.4. The maximum Gasteiger partial charge on any atom is 0.208 e. The molecule has 1 fully saturated rings. The number of nitrogens with one attached hydrogen (secondary N) is 2. The average Bonchev–Trinajstić information content (AvgIpc) is 3.13. The molecule has 1 saturated heterocycles. The zero-order valence-corrected chi connectivity index (χ0v) is 15.0. The van der Waals surface area contributed by atoms with Gasteiger partial charge in [-0.05, 0) is 17.7 Å². The standard InChI is InChI=1S/C16H19ClN6OS/c17-14-5-10(11(6-18)7-19)1-2-13(14)15-21-22-16(25-15)23-4-3-20-12(8-23)9-24/h1-2,5-7,12,18,20,24H,3-4,8-9,19H2/b11-7+,18-6?/t12-/m1/s1. The highest BCUT2D eigenvalue weighted by Gasteiger charge is 2.22. The van der Waals surface area contributed by atoms with Crippen LogP contribution < -0.4 is 16.0 Å². The Bertz CT molecular complexity index is 793. The molecule has 9 heteroatoms. The number of nitrogens with zero attached hydrogens (tertiary/aromatic N) is 3. The number of aromatic nitrogens is 2. The van der Waals surface area contributed by atoms with E-state index in [0.717, 1.165) is 34.4 Å². The van der Waals surface area contributed by atoms with Crippen molar-refractivity contribution in [1.29, 1.82) is 5.41 Å². The molecule has 0 bridgehead atoms. The maximum absolute atomic E-state index is 9.32. The predicted molar refractivity (Wildman–Crippen MR) is 102 cm³/mol. The van der Waals surface area contributed by atoms with Crippen molar-refractivity contribution in [2.75, 3.05) is 31.1 Å². The van der Waals surface area contributed by atoms with Crippen LogP contribution >= 0.6 is 22.9 Å². The Hall–Kier alpha value is -2.00. The third-order valence-electron chi connectivity index (χ3n) is 4.03. The van der Waals surface area contributed by atoms with E-state index in [1.807, 2.05) is 12.1 Å². The van der Waals surface area contributed by atoms with Crippen molar-refractivity contribution in [2.24, 2.45) is 5.73 Å². The number of benzene rings is 1. The lowest BCUT2D eigenvalue weighted by Gasteiger charge is -2.32. The summed E-state index contributed by atoms with van der Waals surface area (Å²) in [5.74, 6) is 0. The van der Waals surface area contributed by atoms with E-state index in [1.165, 1.54) is 23.8 Å². The first-order valence-electron chi connectivity index (χ1n) is 7.81. The molecular formula is C16H19ClN6OS. The molecule has 2 aromatic rings. The Morgan fingerprint density at radius 2 is 2.36 bits per heavy atom. The van der Waals surface area contributed by atoms with Gasteiger partial charge in [-0.2, -0.15) is 0 Å². The monoisotopic (exact) mass is 378 g/mol. The van der Waals surface area contributed by atoms with Crippen LogP contribution in [0.15, 0.2) is 24.4 Å². The number of nitrogens with two attached hydrogens (primary N) is 1. The van der Waals surface area contributed by atoms with Gasteiger partial charge in [0.2, 0.25) is 5.13 Å². The molecule has 2 heterocycles. The fourth-order valence-electron chi connectivity index (χ4n) is 2.67. The van der Waals surface area contributed by atoms with E-state index < -0.39 is 0 Å². The minimum atomic E-state index is 0.0477. The Balaban J connectivity index is 1.84. The van der Waals surface area contributed by atoms with Crippen LogP contribution in [0.2, 0.25) is 5.02 Å². The summed E-state index contributed by atoms with van der Waals surface area (Å²) in [6.45, 7) is 2.41. The third-order valence-corrected chi connectivity index (χ3v) is 5.36. The van der Waals surface area contributed by atoms with Gasteiger partial charge in [-0.3, -0.25) is 0 Å². The lowest BCUT2D eigenvalue weighted by Crippen LogP contribution is -2.52. The summed E-state index contributed by atoms with van der Waals surface area (Å²) >= 11 is 7.87. The summed E-state index contributed by atoms with van der Waals surface area (Å²) in [6, 6.07) is 5.54. The first-order chi connectivity index (χ1) is 12.2. The van der Waals surface area contributed by atoms with Gasteiger partial charge in [0.1, 0.15) is 0 Å². The van der Waals surface area contributed by atoms with Crippen LogP contribution in [0.5, 0.6) is 0 Å². The lowest BCUT2D eigenvalue weighted by molar-refractivity contribution is 0.235. The summed E-state index contributed by atoms with van der Waals surface area (Å²) in [4.78, 5) is 2.12. The number of hydrogen-bond acceptors (Lipinski definition) is 8. The molecule has 0 amide bonds. The van der Waals surface area contributed by atoms with Crippen molar-refractivity contribution >= 4 is 39.9 Å². The molecule has 3 rings (SSSR count). The Morgan fingerprint density at radius 3 is 3.04 bits per heavy atom. The highest BCUT2D eigenvalue weighted by Crippen LogP contribution is 2.34. The van der Waals surface area contributed by atoms with Crippen molar-refractivity contribution in [3.8, 4) is 10.6 Å². The molecule has 0 aliphatic carbocycles. The molecule has 1 aromatic heterocycles. The van der Waals surface area contributed by atoms with Crippen molar-refractivity contribution in [3.05, 3.63) is 35.0 Å². The van der Waals surface area contributed by atoms with Gasteiger partial charge in [0.25, 0.3) is 0 Å². The van der Waals surface area contributed by atoms with Gasteiger partial charge in [-0.15, -0.1) is 10.2 Å². The number of hydrogen-bond donors (Lipinski definition) is 4. The molecule has 132 valence electrons. The summed E-state index contributed by atoms with van der Waals surface area (Å²) in [7, 11) is 0. The number of piperazine rings is 1. The van der Waals surface area contributed by atoms with E-state index in [4.69, 9.17) is 22.7 Å². The summed E-state index contributed by atoms with van der Waals surface area (Å²) < 4.78 is 0. The largest absolute Gasteiger partial charge is 0.404 e. The molecule has 1 aromatic carbocycles. The van der Waals surface area contributed by atoms with Gasteiger partial charge >= 0.3 is 0 Å². The van der Waals surface area contributed by atoms with Gasteiger partial charge in [0.15, 0.2) is 5.01 Å². The summed E-state index contributed by atoms with van der Waals surface area (Å²) in [6.07, 6.45) is 2.57. The van der Waals surface area contributed by atoms with E-state index in [0.29, 0.717) is 17.1 Å². The second-order valence-electron chi connectivity index (χ2n) is 5.63. The molecular weight excluding hydrogens is 360 g/mol. The van der Waals surface area contributed by atoms with Crippen LogP contribution in [0.4, 0.5) is 5.13 Å². The molecule has 0 unspecified atom stereocenters. The van der Waals surface area contributed by atoms with Gasteiger partial charge < -0.3 is 26.5 Å². The third kappa shape index (κ3) is 3.82. The topological polar surface area (TPSA) is 111 Å². The van der Waals surface area contributed by atoms with E-state index >= 15 is 0 Å². The van der Waals surface area contributed by atoms with Crippen molar-refractivity contribution < 1.29 is 5.11 Å². The van der Waals surface area contributed by atoms with Gasteiger partial charge in [-0.25, -0.2) is 0 Å². The van der Waals surface area contributed by atoms with Gasteiger partial charge in [0.05, 0.1) is 11.6 Å². The highest BCUT2D eigenvalue weighted by molar-refractivity contribution is 7.18. The molecule has 25 heavy (non-hydrogen) atoms. The van der Waals surface area contributed by atoms with Crippen LogP contribution in [0, 0.1) is 5.41 Å². The summed E-state index contributed by atoms with van der Waals surface area (Å²) in [5, 5.41) is 30.6. The lowest BCUT2D eigenvalue weighted by atomic mass is 10.1. The van der Waals surface area contributed by atoms with E-state index in [9.17, 15) is 5.11 Å². The second kappa shape index (κ2) is 7.92. The van der Waals surface area contributed by atoms with Crippen molar-refractivity contribution in [2.45, 2.75) is 6.04 Å².